The number of hydrogen-bond acceptors (Lipinski definition) is 5. The number of esters is 1. The monoisotopic (exact) mass is 346 g/mol. The summed E-state index contributed by atoms with van der Waals surface area (Å²) in [6.45, 7) is 0.985. The molecule has 1 amide bonds. The first-order valence-electron chi connectivity index (χ1n) is 7.72. The maximum atomic E-state index is 12.2. The summed E-state index contributed by atoms with van der Waals surface area (Å²) in [5.41, 5.74) is 0.759. The first-order valence-corrected chi connectivity index (χ1v) is 8.12. The van der Waals surface area contributed by atoms with Crippen LogP contribution in [0.1, 0.15) is 45.3 Å². The third-order valence-electron chi connectivity index (χ3n) is 3.90. The molecule has 0 saturated heterocycles. The molecule has 0 bridgehead atoms. The molecule has 126 valence electrons. The molecule has 1 heterocycles. The van der Waals surface area contributed by atoms with Crippen molar-refractivity contribution in [3.8, 4) is 0 Å². The van der Waals surface area contributed by atoms with Gasteiger partial charge in [-0.3, -0.25) is 9.89 Å². The van der Waals surface area contributed by atoms with Crippen LogP contribution in [0.4, 0.5) is 0 Å². The number of benzene rings is 1. The number of nitrogens with one attached hydrogen (secondary N) is 2. The van der Waals surface area contributed by atoms with E-state index in [1.807, 2.05) is 4.57 Å². The summed E-state index contributed by atoms with van der Waals surface area (Å²) in [5, 5.41) is 9.90. The molecule has 7 nitrogen and oxygen atoms in total. The Morgan fingerprint density at radius 3 is 2.88 bits per heavy atom. The molecule has 2 N–H and O–H groups in total. The first kappa shape index (κ1) is 16.4. The number of rotatable bonds is 6. The van der Waals surface area contributed by atoms with Gasteiger partial charge in [-0.25, -0.2) is 4.79 Å². The van der Waals surface area contributed by atoms with Gasteiger partial charge < -0.3 is 14.6 Å². The SMILES string of the molecule is COC(=O)c1cccc(C(=O)NCCn2c(C3CC3)n[nH]c2=S)c1. The minimum Gasteiger partial charge on any atom is -0.465 e. The van der Waals surface area contributed by atoms with Gasteiger partial charge in [0, 0.05) is 24.6 Å². The van der Waals surface area contributed by atoms with Gasteiger partial charge in [-0.15, -0.1) is 0 Å². The summed E-state index contributed by atoms with van der Waals surface area (Å²) in [6, 6.07) is 6.43. The molecule has 0 unspecified atom stereocenters. The Labute approximate surface area is 144 Å². The van der Waals surface area contributed by atoms with Gasteiger partial charge in [0.25, 0.3) is 5.91 Å². The second-order valence-corrected chi connectivity index (χ2v) is 6.03. The summed E-state index contributed by atoms with van der Waals surface area (Å²) in [6.07, 6.45) is 2.26. The average molecular weight is 346 g/mol. The summed E-state index contributed by atoms with van der Waals surface area (Å²) >= 11 is 5.23. The third kappa shape index (κ3) is 3.53. The molecule has 0 aliphatic heterocycles. The van der Waals surface area contributed by atoms with Gasteiger partial charge in [-0.05, 0) is 43.3 Å². The number of aromatic nitrogens is 3. The second kappa shape index (κ2) is 6.96. The fourth-order valence-corrected chi connectivity index (χ4v) is 2.72. The molecule has 1 aliphatic carbocycles. The molecule has 1 aromatic carbocycles. The number of methoxy groups -OCH3 is 1. The highest BCUT2D eigenvalue weighted by atomic mass is 32.1. The van der Waals surface area contributed by atoms with Crippen molar-refractivity contribution in [3.05, 3.63) is 46.0 Å². The number of hydrogen-bond donors (Lipinski definition) is 2. The van der Waals surface area contributed by atoms with E-state index in [4.69, 9.17) is 12.2 Å². The maximum Gasteiger partial charge on any atom is 0.337 e. The number of carbonyl (C=O) groups excluding carboxylic acids is 2. The van der Waals surface area contributed by atoms with Crippen LogP contribution in [-0.4, -0.2) is 40.3 Å². The molecule has 1 saturated carbocycles. The molecule has 0 radical (unpaired) electrons. The van der Waals surface area contributed by atoms with Crippen LogP contribution in [0.5, 0.6) is 0 Å². The highest BCUT2D eigenvalue weighted by molar-refractivity contribution is 7.71. The van der Waals surface area contributed by atoms with Crippen molar-refractivity contribution in [1.29, 1.82) is 0 Å². The molecular formula is C16H18N4O3S. The summed E-state index contributed by atoms with van der Waals surface area (Å²) in [5.74, 6) is 0.722. The lowest BCUT2D eigenvalue weighted by molar-refractivity contribution is 0.0600. The zero-order chi connectivity index (χ0) is 17.1. The molecule has 0 spiro atoms. The van der Waals surface area contributed by atoms with Gasteiger partial charge in [-0.2, -0.15) is 5.10 Å². The average Bonchev–Trinajstić information content (AvgIpc) is 3.38. The minimum atomic E-state index is -0.469. The predicted molar refractivity (Wildman–Crippen MR) is 89.5 cm³/mol. The number of ether oxygens (including phenoxy) is 1. The van der Waals surface area contributed by atoms with Crippen LogP contribution in [0.2, 0.25) is 0 Å². The van der Waals surface area contributed by atoms with E-state index in [2.05, 4.69) is 20.3 Å². The summed E-state index contributed by atoms with van der Waals surface area (Å²) in [4.78, 5) is 23.8. The van der Waals surface area contributed by atoms with E-state index >= 15 is 0 Å². The Morgan fingerprint density at radius 2 is 2.17 bits per heavy atom. The van der Waals surface area contributed by atoms with E-state index in [1.54, 1.807) is 18.2 Å². The van der Waals surface area contributed by atoms with Crippen molar-refractivity contribution < 1.29 is 14.3 Å². The van der Waals surface area contributed by atoms with E-state index in [0.29, 0.717) is 34.9 Å². The van der Waals surface area contributed by atoms with Crippen LogP contribution in [0.25, 0.3) is 0 Å². The maximum absolute atomic E-state index is 12.2. The van der Waals surface area contributed by atoms with Crippen molar-refractivity contribution in [2.75, 3.05) is 13.7 Å². The molecule has 2 aromatic rings. The second-order valence-electron chi connectivity index (χ2n) is 5.64. The fourth-order valence-electron chi connectivity index (χ4n) is 2.49. The highest BCUT2D eigenvalue weighted by Crippen LogP contribution is 2.38. The number of nitrogens with zero attached hydrogens (tertiary/aromatic N) is 2. The van der Waals surface area contributed by atoms with E-state index < -0.39 is 5.97 Å². The molecule has 24 heavy (non-hydrogen) atoms. The first-order chi connectivity index (χ1) is 11.6. The van der Waals surface area contributed by atoms with E-state index in [-0.39, 0.29) is 5.91 Å². The number of aromatic amines is 1. The minimum absolute atomic E-state index is 0.247. The van der Waals surface area contributed by atoms with Crippen molar-refractivity contribution in [3.63, 3.8) is 0 Å². The quantitative estimate of drug-likeness (QED) is 0.617. The number of H-pyrrole nitrogens is 1. The van der Waals surface area contributed by atoms with Crippen LogP contribution < -0.4 is 5.32 Å². The third-order valence-corrected chi connectivity index (χ3v) is 4.21. The lowest BCUT2D eigenvalue weighted by Gasteiger charge is -2.08. The topological polar surface area (TPSA) is 89.0 Å². The van der Waals surface area contributed by atoms with Crippen LogP contribution in [0.15, 0.2) is 24.3 Å². The van der Waals surface area contributed by atoms with Crippen molar-refractivity contribution in [2.24, 2.45) is 0 Å². The lowest BCUT2D eigenvalue weighted by atomic mass is 10.1. The molecule has 1 fully saturated rings. The van der Waals surface area contributed by atoms with Gasteiger partial charge in [0.15, 0.2) is 4.77 Å². The zero-order valence-corrected chi connectivity index (χ0v) is 14.1. The van der Waals surface area contributed by atoms with Gasteiger partial charge in [0.2, 0.25) is 0 Å². The summed E-state index contributed by atoms with van der Waals surface area (Å²) < 4.78 is 7.16. The standard InChI is InChI=1S/C16H18N4O3S/c1-23-15(22)12-4-2-3-11(9-12)14(21)17-7-8-20-13(10-5-6-10)18-19-16(20)24/h2-4,9-10H,5-8H2,1H3,(H,17,21)(H,19,24). The largest absolute Gasteiger partial charge is 0.465 e. The Balaban J connectivity index is 1.61. The van der Waals surface area contributed by atoms with E-state index in [1.165, 1.54) is 13.2 Å². The molecule has 1 aromatic heterocycles. The van der Waals surface area contributed by atoms with Crippen molar-refractivity contribution >= 4 is 24.1 Å². The molecule has 0 atom stereocenters. The fraction of sp³-hybridized carbons (Fsp3) is 0.375. The van der Waals surface area contributed by atoms with E-state index in [9.17, 15) is 9.59 Å². The van der Waals surface area contributed by atoms with Crippen molar-refractivity contribution in [1.82, 2.24) is 20.1 Å². The highest BCUT2D eigenvalue weighted by Gasteiger charge is 2.28. The summed E-state index contributed by atoms with van der Waals surface area (Å²) in [7, 11) is 1.31. The molecule has 1 aliphatic rings. The van der Waals surface area contributed by atoms with Crippen molar-refractivity contribution in [2.45, 2.75) is 25.3 Å². The smallest absolute Gasteiger partial charge is 0.337 e. The normalized spacial score (nSPS) is 13.5. The van der Waals surface area contributed by atoms with Crippen LogP contribution in [-0.2, 0) is 11.3 Å². The predicted octanol–water partition coefficient (Wildman–Crippen LogP) is 2.03. The molecular weight excluding hydrogens is 328 g/mol. The Kier molecular flexibility index (Phi) is 4.75. The van der Waals surface area contributed by atoms with Gasteiger partial charge >= 0.3 is 5.97 Å². The van der Waals surface area contributed by atoms with Crippen LogP contribution in [0, 0.1) is 4.77 Å². The van der Waals surface area contributed by atoms with Crippen LogP contribution >= 0.6 is 12.2 Å². The van der Waals surface area contributed by atoms with E-state index in [0.717, 1.165) is 18.7 Å². The van der Waals surface area contributed by atoms with Gasteiger partial charge in [-0.1, -0.05) is 6.07 Å². The van der Waals surface area contributed by atoms with Gasteiger partial charge in [0.1, 0.15) is 5.82 Å². The Morgan fingerprint density at radius 1 is 1.42 bits per heavy atom. The molecule has 3 rings (SSSR count). The number of carbonyl (C=O) groups is 2. The lowest BCUT2D eigenvalue weighted by Crippen LogP contribution is -2.28. The Bertz CT molecular complexity index is 823. The van der Waals surface area contributed by atoms with Gasteiger partial charge in [0.05, 0.1) is 12.7 Å². The van der Waals surface area contributed by atoms with Crippen LogP contribution in [0.3, 0.4) is 0 Å². The number of amides is 1. The zero-order valence-electron chi connectivity index (χ0n) is 13.2. The molecule has 8 heteroatoms. The Hall–Kier alpha value is -2.48.